The van der Waals surface area contributed by atoms with Crippen LogP contribution in [0.3, 0.4) is 0 Å². The number of carbonyl (C=O) groups excluding carboxylic acids is 2. The number of hydrogen-bond donors (Lipinski definition) is 2. The normalized spacial score (nSPS) is 15.1. The first-order chi connectivity index (χ1) is 13.8. The van der Waals surface area contributed by atoms with Gasteiger partial charge in [-0.1, -0.05) is 36.4 Å². The van der Waals surface area contributed by atoms with Crippen LogP contribution in [0.5, 0.6) is 5.75 Å². The van der Waals surface area contributed by atoms with Crippen LogP contribution in [0.1, 0.15) is 24.5 Å². The van der Waals surface area contributed by atoms with Crippen molar-refractivity contribution in [2.24, 2.45) is 0 Å². The molecule has 2 aromatic rings. The van der Waals surface area contributed by atoms with E-state index in [9.17, 15) is 18.0 Å². The highest BCUT2D eigenvalue weighted by Crippen LogP contribution is 2.33. The molecule has 1 aliphatic rings. The molecule has 1 fully saturated rings. The number of aryl methyl sites for hydroxylation is 1. The van der Waals surface area contributed by atoms with E-state index < -0.39 is 16.1 Å². The first-order valence-corrected chi connectivity index (χ1v) is 10.7. The van der Waals surface area contributed by atoms with Gasteiger partial charge in [0.2, 0.25) is 5.91 Å². The van der Waals surface area contributed by atoms with Gasteiger partial charge in [0.05, 0.1) is 5.69 Å². The van der Waals surface area contributed by atoms with Crippen LogP contribution >= 0.6 is 0 Å². The average molecular weight is 417 g/mol. The van der Waals surface area contributed by atoms with Crippen LogP contribution in [0.25, 0.3) is 0 Å². The van der Waals surface area contributed by atoms with Gasteiger partial charge in [0.15, 0.2) is 0 Å². The third-order valence-corrected chi connectivity index (χ3v) is 5.76. The Morgan fingerprint density at radius 3 is 2.59 bits per heavy atom. The van der Waals surface area contributed by atoms with E-state index in [4.69, 9.17) is 4.74 Å². The molecule has 0 aliphatic carbocycles. The Labute approximate surface area is 170 Å². The van der Waals surface area contributed by atoms with E-state index in [0.29, 0.717) is 24.4 Å². The number of amides is 2. The highest BCUT2D eigenvalue weighted by atomic mass is 32.2. The van der Waals surface area contributed by atoms with Crippen LogP contribution in [-0.2, 0) is 32.8 Å². The molecule has 8 nitrogen and oxygen atoms in total. The summed E-state index contributed by atoms with van der Waals surface area (Å²) in [6, 6.07) is 14.7. The molecule has 154 valence electrons. The molecule has 0 spiro atoms. The summed E-state index contributed by atoms with van der Waals surface area (Å²) >= 11 is 0. The van der Waals surface area contributed by atoms with Crippen molar-refractivity contribution in [3.63, 3.8) is 0 Å². The van der Waals surface area contributed by atoms with Crippen LogP contribution in [0.2, 0.25) is 0 Å². The topological polar surface area (TPSA) is 105 Å². The lowest BCUT2D eigenvalue weighted by molar-refractivity contribution is -0.119. The number of hydrogen-bond acceptors (Lipinski definition) is 5. The molecule has 1 aliphatic heterocycles. The molecular formula is C20H23N3O5S. The third kappa shape index (κ3) is 5.47. The standard InChI is InChI=1S/C20H23N3O5S/c1-15(24)21-11-5-8-16-9-10-18(23-13-20(25)22-29(23,26)27)19(12-16)28-14-17-6-3-2-4-7-17/h2-4,6-7,9-10,12H,5,8,11,13-14H2,1H3,(H,21,24)(H,22,25). The Bertz CT molecular complexity index is 992. The van der Waals surface area contributed by atoms with E-state index >= 15 is 0 Å². The molecule has 2 amide bonds. The van der Waals surface area contributed by atoms with E-state index in [1.165, 1.54) is 6.92 Å². The van der Waals surface area contributed by atoms with E-state index in [0.717, 1.165) is 21.9 Å². The number of nitrogens with zero attached hydrogens (tertiary/aromatic N) is 1. The zero-order chi connectivity index (χ0) is 20.9. The molecule has 0 aromatic heterocycles. The largest absolute Gasteiger partial charge is 0.487 e. The number of carbonyl (C=O) groups is 2. The molecule has 0 unspecified atom stereocenters. The van der Waals surface area contributed by atoms with Crippen LogP contribution in [0.4, 0.5) is 5.69 Å². The fourth-order valence-electron chi connectivity index (χ4n) is 2.99. The van der Waals surface area contributed by atoms with Crippen molar-refractivity contribution in [2.75, 3.05) is 17.4 Å². The van der Waals surface area contributed by atoms with Crippen molar-refractivity contribution in [2.45, 2.75) is 26.4 Å². The molecule has 0 atom stereocenters. The molecule has 0 saturated carbocycles. The van der Waals surface area contributed by atoms with E-state index in [1.54, 1.807) is 18.2 Å². The fraction of sp³-hybridized carbons (Fsp3) is 0.300. The predicted octanol–water partition coefficient (Wildman–Crippen LogP) is 1.52. The molecule has 1 heterocycles. The lowest BCUT2D eigenvalue weighted by Crippen LogP contribution is -2.29. The second-order valence-electron chi connectivity index (χ2n) is 6.70. The molecule has 1 saturated heterocycles. The summed E-state index contributed by atoms with van der Waals surface area (Å²) in [5.41, 5.74) is 2.19. The van der Waals surface area contributed by atoms with Gasteiger partial charge in [-0.05, 0) is 36.1 Å². The summed E-state index contributed by atoms with van der Waals surface area (Å²) in [6.45, 7) is 2.00. The molecule has 3 rings (SSSR count). The molecular weight excluding hydrogens is 394 g/mol. The lowest BCUT2D eigenvalue weighted by atomic mass is 10.1. The molecule has 0 radical (unpaired) electrons. The zero-order valence-corrected chi connectivity index (χ0v) is 16.9. The Kier molecular flexibility index (Phi) is 6.38. The first kappa shape index (κ1) is 20.7. The molecule has 0 bridgehead atoms. The smallest absolute Gasteiger partial charge is 0.326 e. The van der Waals surface area contributed by atoms with Gasteiger partial charge in [-0.25, -0.2) is 9.03 Å². The maximum absolute atomic E-state index is 12.3. The Hall–Kier alpha value is -3.07. The van der Waals surface area contributed by atoms with Crippen molar-refractivity contribution in [1.29, 1.82) is 0 Å². The second kappa shape index (κ2) is 8.95. The van der Waals surface area contributed by atoms with Gasteiger partial charge in [0.25, 0.3) is 5.91 Å². The minimum absolute atomic E-state index is 0.0800. The summed E-state index contributed by atoms with van der Waals surface area (Å²) in [5.74, 6) is -0.284. The number of benzene rings is 2. The predicted molar refractivity (Wildman–Crippen MR) is 109 cm³/mol. The minimum atomic E-state index is -3.93. The summed E-state index contributed by atoms with van der Waals surface area (Å²) in [4.78, 5) is 22.6. The lowest BCUT2D eigenvalue weighted by Gasteiger charge is -2.20. The summed E-state index contributed by atoms with van der Waals surface area (Å²) in [6.07, 6.45) is 1.42. The van der Waals surface area contributed by atoms with Gasteiger partial charge in [-0.3, -0.25) is 9.59 Å². The van der Waals surface area contributed by atoms with Crippen molar-refractivity contribution >= 4 is 27.7 Å². The Morgan fingerprint density at radius 2 is 1.93 bits per heavy atom. The van der Waals surface area contributed by atoms with Crippen LogP contribution in [0, 0.1) is 0 Å². The van der Waals surface area contributed by atoms with Gasteiger partial charge in [-0.15, -0.1) is 0 Å². The fourth-order valence-corrected chi connectivity index (χ4v) is 4.15. The maximum Gasteiger partial charge on any atom is 0.326 e. The first-order valence-electron chi connectivity index (χ1n) is 9.22. The highest BCUT2D eigenvalue weighted by Gasteiger charge is 2.35. The molecule has 2 N–H and O–H groups in total. The number of rotatable bonds is 8. The van der Waals surface area contributed by atoms with Gasteiger partial charge in [0, 0.05) is 13.5 Å². The van der Waals surface area contributed by atoms with Crippen LogP contribution in [-0.4, -0.2) is 33.3 Å². The number of anilines is 1. The zero-order valence-electron chi connectivity index (χ0n) is 16.1. The molecule has 9 heteroatoms. The third-order valence-electron chi connectivity index (χ3n) is 4.37. The van der Waals surface area contributed by atoms with Gasteiger partial charge in [-0.2, -0.15) is 8.42 Å². The number of ether oxygens (including phenoxy) is 1. The summed E-state index contributed by atoms with van der Waals surface area (Å²) in [5, 5.41) is 2.75. The van der Waals surface area contributed by atoms with Crippen LogP contribution in [0.15, 0.2) is 48.5 Å². The summed E-state index contributed by atoms with van der Waals surface area (Å²) in [7, 11) is -3.93. The molecule has 2 aromatic carbocycles. The van der Waals surface area contributed by atoms with Gasteiger partial charge in [0.1, 0.15) is 18.9 Å². The van der Waals surface area contributed by atoms with Crippen LogP contribution < -0.4 is 19.1 Å². The van der Waals surface area contributed by atoms with Crippen molar-refractivity contribution in [1.82, 2.24) is 10.0 Å². The Morgan fingerprint density at radius 1 is 1.17 bits per heavy atom. The monoisotopic (exact) mass is 417 g/mol. The SMILES string of the molecule is CC(=O)NCCCc1ccc(N2CC(=O)NS2(=O)=O)c(OCc2ccccc2)c1. The van der Waals surface area contributed by atoms with E-state index in [1.807, 2.05) is 35.1 Å². The van der Waals surface area contributed by atoms with Crippen molar-refractivity contribution in [3.05, 3.63) is 59.7 Å². The maximum atomic E-state index is 12.3. The van der Waals surface area contributed by atoms with Gasteiger partial charge >= 0.3 is 10.2 Å². The Balaban J connectivity index is 1.82. The molecule has 29 heavy (non-hydrogen) atoms. The highest BCUT2D eigenvalue weighted by molar-refractivity contribution is 7.92. The van der Waals surface area contributed by atoms with Crippen molar-refractivity contribution in [3.8, 4) is 5.75 Å². The van der Waals surface area contributed by atoms with Crippen molar-refractivity contribution < 1.29 is 22.7 Å². The van der Waals surface area contributed by atoms with Gasteiger partial charge < -0.3 is 10.1 Å². The minimum Gasteiger partial charge on any atom is -0.487 e. The average Bonchev–Trinajstić information content (AvgIpc) is 2.96. The second-order valence-corrected chi connectivity index (χ2v) is 8.29. The van der Waals surface area contributed by atoms with E-state index in [2.05, 4.69) is 5.32 Å². The number of nitrogens with one attached hydrogen (secondary N) is 2. The van der Waals surface area contributed by atoms with E-state index in [-0.39, 0.29) is 19.1 Å². The summed E-state index contributed by atoms with van der Waals surface area (Å²) < 4.78 is 33.4. The quantitative estimate of drug-likeness (QED) is 0.634.